The van der Waals surface area contributed by atoms with Crippen molar-refractivity contribution in [1.82, 2.24) is 0 Å². The summed E-state index contributed by atoms with van der Waals surface area (Å²) in [6.07, 6.45) is 2.55. The van der Waals surface area contributed by atoms with Crippen LogP contribution in [0.2, 0.25) is 0 Å². The summed E-state index contributed by atoms with van der Waals surface area (Å²) in [6, 6.07) is 23.3. The average molecular weight is 619 g/mol. The fourth-order valence-corrected chi connectivity index (χ4v) is 13.2. The molecular formula is C44H62Si. The zero-order chi connectivity index (χ0) is 33.5. The molecule has 242 valence electrons. The van der Waals surface area contributed by atoms with Gasteiger partial charge in [0.05, 0.1) is 0 Å². The number of hydrogen-bond donors (Lipinski definition) is 0. The minimum absolute atomic E-state index is 0.386. The molecule has 0 heterocycles. The minimum atomic E-state index is -2.79. The molecule has 0 radical (unpaired) electrons. The lowest BCUT2D eigenvalue weighted by Crippen LogP contribution is -2.70. The van der Waals surface area contributed by atoms with Gasteiger partial charge in [0.2, 0.25) is 0 Å². The third-order valence-corrected chi connectivity index (χ3v) is 15.7. The van der Waals surface area contributed by atoms with E-state index in [-0.39, 0.29) is 0 Å². The summed E-state index contributed by atoms with van der Waals surface area (Å²) in [5.74, 6) is 3.17. The van der Waals surface area contributed by atoms with Crippen LogP contribution in [0.1, 0.15) is 173 Å². The highest BCUT2D eigenvalue weighted by atomic mass is 28.3. The molecule has 0 spiro atoms. The van der Waals surface area contributed by atoms with E-state index in [1.807, 2.05) is 0 Å². The minimum Gasteiger partial charge on any atom is -0.0748 e. The zero-order valence-corrected chi connectivity index (χ0v) is 32.3. The molecule has 45 heavy (non-hydrogen) atoms. The Morgan fingerprint density at radius 2 is 0.667 bits per heavy atom. The topological polar surface area (TPSA) is 0 Å². The number of benzene rings is 3. The van der Waals surface area contributed by atoms with Crippen molar-refractivity contribution in [2.75, 3.05) is 0 Å². The van der Waals surface area contributed by atoms with Crippen LogP contribution < -0.4 is 15.6 Å². The molecule has 3 aromatic carbocycles. The molecule has 0 nitrogen and oxygen atoms in total. The van der Waals surface area contributed by atoms with Gasteiger partial charge in [0, 0.05) is 0 Å². The highest BCUT2D eigenvalue weighted by Crippen LogP contribution is 2.39. The van der Waals surface area contributed by atoms with Crippen LogP contribution in [0.3, 0.4) is 0 Å². The summed E-state index contributed by atoms with van der Waals surface area (Å²) in [7, 11) is -2.79. The summed E-state index contributed by atoms with van der Waals surface area (Å²) < 4.78 is 0. The number of allylic oxidation sites excluding steroid dienone is 4. The molecular weight excluding hydrogens is 557 g/mol. The normalized spacial score (nSPS) is 16.0. The molecule has 1 aliphatic rings. The molecule has 0 fully saturated rings. The first-order chi connectivity index (χ1) is 21.0. The van der Waals surface area contributed by atoms with E-state index in [2.05, 4.69) is 165 Å². The number of hydrogen-bond acceptors (Lipinski definition) is 0. The molecule has 0 amide bonds. The highest BCUT2D eigenvalue weighted by Gasteiger charge is 2.48. The van der Waals surface area contributed by atoms with Crippen molar-refractivity contribution in [2.45, 2.75) is 139 Å². The maximum absolute atomic E-state index is 2.79. The Labute approximate surface area is 278 Å². The molecule has 1 heteroatoms. The van der Waals surface area contributed by atoms with Crippen molar-refractivity contribution in [3.05, 3.63) is 110 Å². The molecule has 4 rings (SSSR count). The van der Waals surface area contributed by atoms with E-state index in [9.17, 15) is 0 Å². The molecule has 1 atom stereocenters. The Morgan fingerprint density at radius 3 is 0.844 bits per heavy atom. The van der Waals surface area contributed by atoms with Crippen LogP contribution in [-0.4, -0.2) is 8.07 Å². The summed E-state index contributed by atoms with van der Waals surface area (Å²) in [4.78, 5) is 0. The maximum atomic E-state index is 2.64. The Morgan fingerprint density at radius 1 is 0.422 bits per heavy atom. The predicted molar refractivity (Wildman–Crippen MR) is 204 cm³/mol. The van der Waals surface area contributed by atoms with Gasteiger partial charge in [-0.05, 0) is 104 Å². The van der Waals surface area contributed by atoms with Gasteiger partial charge in [-0.15, -0.1) is 0 Å². The summed E-state index contributed by atoms with van der Waals surface area (Å²) in [6.45, 7) is 35.7. The van der Waals surface area contributed by atoms with E-state index >= 15 is 0 Å². The van der Waals surface area contributed by atoms with Gasteiger partial charge in [-0.1, -0.05) is 167 Å². The van der Waals surface area contributed by atoms with Crippen molar-refractivity contribution in [3.63, 3.8) is 0 Å². The molecule has 0 saturated carbocycles. The van der Waals surface area contributed by atoms with Gasteiger partial charge in [0.1, 0.15) is 0 Å². The van der Waals surface area contributed by atoms with Crippen LogP contribution in [0.5, 0.6) is 0 Å². The summed E-state index contributed by atoms with van der Waals surface area (Å²) in [5.41, 5.74) is 11.8. The quantitative estimate of drug-likeness (QED) is 0.157. The maximum Gasteiger partial charge on any atom is 0.176 e. The first-order valence-corrected chi connectivity index (χ1v) is 19.8. The van der Waals surface area contributed by atoms with Crippen LogP contribution in [0, 0.1) is 5.92 Å². The molecule has 0 aliphatic heterocycles. The van der Waals surface area contributed by atoms with Gasteiger partial charge >= 0.3 is 0 Å². The average Bonchev–Trinajstić information content (AvgIpc) is 3.23. The van der Waals surface area contributed by atoms with Crippen LogP contribution >= 0.6 is 0 Å². The summed E-state index contributed by atoms with van der Waals surface area (Å²) >= 11 is 0. The Balaban J connectivity index is 2.39. The standard InChI is InChI=1S/C44H62Si/c1-26(2)35-17-36(27(3)4)21-41(20-35)45(44-33(14)16-32(13)34(44)15,42-22-37(28(5)6)18-38(23-42)29(7)8)43-24-39(30(9)10)19-40(25-43)31(11)12/h16-31,33H,1-15H3. The lowest BCUT2D eigenvalue weighted by molar-refractivity contribution is 0.833. The van der Waals surface area contributed by atoms with Crippen molar-refractivity contribution in [2.24, 2.45) is 5.92 Å². The van der Waals surface area contributed by atoms with Crippen LogP contribution in [0.15, 0.2) is 77.0 Å². The predicted octanol–water partition coefficient (Wildman–Crippen LogP) is 11.3. The second-order valence-corrected chi connectivity index (χ2v) is 19.8. The van der Waals surface area contributed by atoms with E-state index in [1.165, 1.54) is 44.5 Å². The molecule has 0 bridgehead atoms. The fourth-order valence-electron chi connectivity index (χ4n) is 7.41. The molecule has 3 aromatic rings. The monoisotopic (exact) mass is 618 g/mol. The highest BCUT2D eigenvalue weighted by molar-refractivity contribution is 7.16. The van der Waals surface area contributed by atoms with E-state index < -0.39 is 8.07 Å². The van der Waals surface area contributed by atoms with Gasteiger partial charge in [-0.2, -0.15) is 0 Å². The van der Waals surface area contributed by atoms with Gasteiger partial charge in [0.25, 0.3) is 0 Å². The van der Waals surface area contributed by atoms with Crippen molar-refractivity contribution < 1.29 is 0 Å². The van der Waals surface area contributed by atoms with Gasteiger partial charge in [-0.25, -0.2) is 0 Å². The Bertz CT molecular complexity index is 1350. The smallest absolute Gasteiger partial charge is 0.0748 e. The van der Waals surface area contributed by atoms with Gasteiger partial charge in [-0.3, -0.25) is 0 Å². The SMILES string of the molecule is CC1=CC(C)C([Si](c2cc(C(C)C)cc(C(C)C)c2)(c2cc(C(C)C)cc(C(C)C)c2)c2cc(C(C)C)cc(C(C)C)c2)=C1C. The van der Waals surface area contributed by atoms with Crippen LogP contribution in [0.25, 0.3) is 0 Å². The van der Waals surface area contributed by atoms with E-state index in [0.717, 1.165) is 0 Å². The molecule has 0 saturated heterocycles. The molecule has 1 unspecified atom stereocenters. The molecule has 1 aliphatic carbocycles. The van der Waals surface area contributed by atoms with Crippen molar-refractivity contribution >= 4 is 23.6 Å². The second-order valence-electron chi connectivity index (χ2n) is 16.0. The van der Waals surface area contributed by atoms with Gasteiger partial charge in [0.15, 0.2) is 8.07 Å². The van der Waals surface area contributed by atoms with E-state index in [1.54, 1.807) is 20.8 Å². The molecule has 0 N–H and O–H groups in total. The number of rotatable bonds is 10. The van der Waals surface area contributed by atoms with Crippen molar-refractivity contribution in [1.29, 1.82) is 0 Å². The largest absolute Gasteiger partial charge is 0.176 e. The lowest BCUT2D eigenvalue weighted by Gasteiger charge is -2.40. The van der Waals surface area contributed by atoms with Crippen LogP contribution in [0.4, 0.5) is 0 Å². The first-order valence-electron chi connectivity index (χ1n) is 17.8. The summed E-state index contributed by atoms with van der Waals surface area (Å²) in [5, 5.41) is 6.37. The van der Waals surface area contributed by atoms with E-state index in [4.69, 9.17) is 0 Å². The van der Waals surface area contributed by atoms with Crippen molar-refractivity contribution in [3.8, 4) is 0 Å². The fraction of sp³-hybridized carbons (Fsp3) is 0.500. The third kappa shape index (κ3) is 6.76. The van der Waals surface area contributed by atoms with Crippen LogP contribution in [-0.2, 0) is 0 Å². The zero-order valence-electron chi connectivity index (χ0n) is 31.3. The second kappa shape index (κ2) is 13.6. The van der Waals surface area contributed by atoms with E-state index in [0.29, 0.717) is 41.4 Å². The lowest BCUT2D eigenvalue weighted by atomic mass is 9.95. The first kappa shape index (κ1) is 35.2. The third-order valence-electron chi connectivity index (χ3n) is 10.6. The van der Waals surface area contributed by atoms with Gasteiger partial charge < -0.3 is 0 Å². The Kier molecular flexibility index (Phi) is 10.6. The molecule has 0 aromatic heterocycles. The Hall–Kier alpha value is -2.64.